The van der Waals surface area contributed by atoms with Gasteiger partial charge >= 0.3 is 6.03 Å². The second-order valence-electron chi connectivity index (χ2n) is 4.30. The number of urea groups is 1. The number of hydrogen-bond acceptors (Lipinski definition) is 2. The molecule has 3 N–H and O–H groups in total. The van der Waals surface area contributed by atoms with Crippen LogP contribution in [0.5, 0.6) is 0 Å². The number of anilines is 2. The Kier molecular flexibility index (Phi) is 4.03. The lowest BCUT2D eigenvalue weighted by Gasteiger charge is -2.18. The molecular formula is C15H17N3O. The molecule has 0 saturated heterocycles. The van der Waals surface area contributed by atoms with E-state index in [1.807, 2.05) is 42.5 Å². The average molecular weight is 255 g/mol. The summed E-state index contributed by atoms with van der Waals surface area (Å²) in [5, 5.41) is 2.86. The predicted molar refractivity (Wildman–Crippen MR) is 77.9 cm³/mol. The van der Waals surface area contributed by atoms with Gasteiger partial charge in [0, 0.05) is 25.0 Å². The molecule has 19 heavy (non-hydrogen) atoms. The molecule has 0 aliphatic heterocycles. The standard InChI is InChI=1S/C15H17N3O/c1-18(14-9-5-8-13(16)10-14)15(19)17-11-12-6-3-2-4-7-12/h2-10H,11,16H2,1H3,(H,17,19). The lowest BCUT2D eigenvalue weighted by molar-refractivity contribution is 0.247. The molecule has 4 heteroatoms. The number of nitrogens with two attached hydrogens (primary N) is 1. The van der Waals surface area contributed by atoms with Crippen LogP contribution in [0.3, 0.4) is 0 Å². The Morgan fingerprint density at radius 1 is 1.16 bits per heavy atom. The number of carbonyl (C=O) groups is 1. The molecule has 0 bridgehead atoms. The van der Waals surface area contributed by atoms with Crippen molar-refractivity contribution < 1.29 is 4.79 Å². The third kappa shape index (κ3) is 3.48. The molecule has 2 aromatic carbocycles. The van der Waals surface area contributed by atoms with Crippen LogP contribution in [0.15, 0.2) is 54.6 Å². The van der Waals surface area contributed by atoms with Gasteiger partial charge in [0.25, 0.3) is 0 Å². The summed E-state index contributed by atoms with van der Waals surface area (Å²) in [6.07, 6.45) is 0. The van der Waals surface area contributed by atoms with Crippen LogP contribution in [0.25, 0.3) is 0 Å². The van der Waals surface area contributed by atoms with Crippen LogP contribution in [0, 0.1) is 0 Å². The van der Waals surface area contributed by atoms with Gasteiger partial charge in [-0.05, 0) is 23.8 Å². The summed E-state index contributed by atoms with van der Waals surface area (Å²) in [6.45, 7) is 0.506. The van der Waals surface area contributed by atoms with Gasteiger partial charge < -0.3 is 11.1 Å². The van der Waals surface area contributed by atoms with Crippen molar-refractivity contribution in [3.8, 4) is 0 Å². The van der Waals surface area contributed by atoms with E-state index in [0.717, 1.165) is 11.3 Å². The first-order valence-electron chi connectivity index (χ1n) is 6.08. The zero-order valence-corrected chi connectivity index (χ0v) is 10.8. The molecule has 0 saturated carbocycles. The first kappa shape index (κ1) is 13.0. The number of benzene rings is 2. The molecule has 4 nitrogen and oxygen atoms in total. The van der Waals surface area contributed by atoms with Gasteiger partial charge in [-0.15, -0.1) is 0 Å². The number of nitrogens with one attached hydrogen (secondary N) is 1. The van der Waals surface area contributed by atoms with E-state index >= 15 is 0 Å². The minimum atomic E-state index is -0.158. The van der Waals surface area contributed by atoms with Crippen LogP contribution in [0.1, 0.15) is 5.56 Å². The molecule has 0 aromatic heterocycles. The Balaban J connectivity index is 1.96. The summed E-state index contributed by atoms with van der Waals surface area (Å²) < 4.78 is 0. The normalized spacial score (nSPS) is 9.95. The van der Waals surface area contributed by atoms with Crippen LogP contribution in [0.4, 0.5) is 16.2 Å². The van der Waals surface area contributed by atoms with E-state index in [4.69, 9.17) is 5.73 Å². The molecule has 0 heterocycles. The Labute approximate surface area is 112 Å². The Hall–Kier alpha value is -2.49. The zero-order valence-electron chi connectivity index (χ0n) is 10.8. The summed E-state index contributed by atoms with van der Waals surface area (Å²) in [4.78, 5) is 13.5. The quantitative estimate of drug-likeness (QED) is 0.828. The van der Waals surface area contributed by atoms with Crippen LogP contribution >= 0.6 is 0 Å². The highest BCUT2D eigenvalue weighted by molar-refractivity contribution is 5.91. The van der Waals surface area contributed by atoms with Gasteiger partial charge in [-0.2, -0.15) is 0 Å². The van der Waals surface area contributed by atoms with Crippen molar-refractivity contribution in [2.45, 2.75) is 6.54 Å². The van der Waals surface area contributed by atoms with Crippen molar-refractivity contribution in [3.05, 3.63) is 60.2 Å². The summed E-state index contributed by atoms with van der Waals surface area (Å²) in [5.74, 6) is 0. The van der Waals surface area contributed by atoms with Gasteiger partial charge in [0.05, 0.1) is 0 Å². The molecule has 0 radical (unpaired) electrons. The monoisotopic (exact) mass is 255 g/mol. The van der Waals surface area contributed by atoms with Crippen LogP contribution in [-0.4, -0.2) is 13.1 Å². The first-order valence-corrected chi connectivity index (χ1v) is 6.08. The number of rotatable bonds is 3. The minimum Gasteiger partial charge on any atom is -0.399 e. The van der Waals surface area contributed by atoms with Gasteiger partial charge in [-0.25, -0.2) is 4.79 Å². The van der Waals surface area contributed by atoms with Crippen molar-refractivity contribution in [1.29, 1.82) is 0 Å². The molecule has 2 aromatic rings. The van der Waals surface area contributed by atoms with Crippen LogP contribution in [0.2, 0.25) is 0 Å². The van der Waals surface area contributed by atoms with Gasteiger partial charge in [-0.1, -0.05) is 36.4 Å². The fourth-order valence-corrected chi connectivity index (χ4v) is 1.74. The summed E-state index contributed by atoms with van der Waals surface area (Å²) >= 11 is 0. The van der Waals surface area contributed by atoms with Crippen molar-refractivity contribution in [2.24, 2.45) is 0 Å². The third-order valence-corrected chi connectivity index (χ3v) is 2.85. The molecule has 98 valence electrons. The van der Waals surface area contributed by atoms with Crippen LogP contribution in [-0.2, 0) is 6.54 Å². The smallest absolute Gasteiger partial charge is 0.321 e. The minimum absolute atomic E-state index is 0.158. The van der Waals surface area contributed by atoms with Crippen molar-refractivity contribution in [3.63, 3.8) is 0 Å². The maximum atomic E-state index is 12.0. The van der Waals surface area contributed by atoms with E-state index in [-0.39, 0.29) is 6.03 Å². The van der Waals surface area contributed by atoms with Crippen LogP contribution < -0.4 is 16.0 Å². The molecule has 0 atom stereocenters. The molecule has 0 aliphatic rings. The van der Waals surface area contributed by atoms with E-state index < -0.39 is 0 Å². The molecular weight excluding hydrogens is 238 g/mol. The number of carbonyl (C=O) groups excluding carboxylic acids is 1. The van der Waals surface area contributed by atoms with Gasteiger partial charge in [0.2, 0.25) is 0 Å². The fourth-order valence-electron chi connectivity index (χ4n) is 1.74. The highest BCUT2D eigenvalue weighted by Crippen LogP contribution is 2.16. The van der Waals surface area contributed by atoms with E-state index in [1.165, 1.54) is 0 Å². The lowest BCUT2D eigenvalue weighted by Crippen LogP contribution is -2.36. The molecule has 0 unspecified atom stereocenters. The first-order chi connectivity index (χ1) is 9.16. The van der Waals surface area contributed by atoms with E-state index in [0.29, 0.717) is 12.2 Å². The van der Waals surface area contributed by atoms with Gasteiger partial charge in [-0.3, -0.25) is 4.90 Å². The Morgan fingerprint density at radius 3 is 2.58 bits per heavy atom. The maximum absolute atomic E-state index is 12.0. The van der Waals surface area contributed by atoms with Crippen molar-refractivity contribution in [2.75, 3.05) is 17.7 Å². The highest BCUT2D eigenvalue weighted by Gasteiger charge is 2.10. The molecule has 2 rings (SSSR count). The number of nitrogens with zero attached hydrogens (tertiary/aromatic N) is 1. The maximum Gasteiger partial charge on any atom is 0.321 e. The van der Waals surface area contributed by atoms with Crippen molar-refractivity contribution in [1.82, 2.24) is 5.32 Å². The molecule has 0 aliphatic carbocycles. The second-order valence-corrected chi connectivity index (χ2v) is 4.30. The molecule has 0 spiro atoms. The summed E-state index contributed by atoms with van der Waals surface area (Å²) in [5.41, 5.74) is 8.18. The Bertz CT molecular complexity index is 554. The van der Waals surface area contributed by atoms with E-state index in [1.54, 1.807) is 24.1 Å². The SMILES string of the molecule is CN(C(=O)NCc1ccccc1)c1cccc(N)c1. The second kappa shape index (κ2) is 5.91. The number of hydrogen-bond donors (Lipinski definition) is 2. The largest absolute Gasteiger partial charge is 0.399 e. The third-order valence-electron chi connectivity index (χ3n) is 2.85. The highest BCUT2D eigenvalue weighted by atomic mass is 16.2. The number of amides is 2. The summed E-state index contributed by atoms with van der Waals surface area (Å²) in [7, 11) is 1.72. The fraction of sp³-hybridized carbons (Fsp3) is 0.133. The van der Waals surface area contributed by atoms with Crippen molar-refractivity contribution >= 4 is 17.4 Å². The lowest BCUT2D eigenvalue weighted by atomic mass is 10.2. The topological polar surface area (TPSA) is 58.4 Å². The molecule has 0 fully saturated rings. The molecule has 2 amide bonds. The van der Waals surface area contributed by atoms with Gasteiger partial charge in [0.15, 0.2) is 0 Å². The van der Waals surface area contributed by atoms with E-state index in [9.17, 15) is 4.79 Å². The summed E-state index contributed by atoms with van der Waals surface area (Å²) in [6, 6.07) is 16.9. The number of nitrogen functional groups attached to an aromatic ring is 1. The predicted octanol–water partition coefficient (Wildman–Crippen LogP) is 2.61. The Morgan fingerprint density at radius 2 is 1.89 bits per heavy atom. The average Bonchev–Trinajstić information content (AvgIpc) is 2.45. The van der Waals surface area contributed by atoms with E-state index in [2.05, 4.69) is 5.32 Å². The zero-order chi connectivity index (χ0) is 13.7. The van der Waals surface area contributed by atoms with Gasteiger partial charge in [0.1, 0.15) is 0 Å².